The van der Waals surface area contributed by atoms with Gasteiger partial charge in [-0.1, -0.05) is 6.42 Å². The van der Waals surface area contributed by atoms with E-state index in [1.54, 1.807) is 4.90 Å². The normalized spacial score (nSPS) is 40.1. The number of hydrogen-bond donors (Lipinski definition) is 3. The summed E-state index contributed by atoms with van der Waals surface area (Å²) >= 11 is 0. The second kappa shape index (κ2) is 4.69. The highest BCUT2D eigenvalue weighted by atomic mass is 16.3. The molecule has 2 rings (SSSR count). The summed E-state index contributed by atoms with van der Waals surface area (Å²) in [6.45, 7) is 0.511. The molecule has 0 radical (unpaired) electrons. The molecule has 0 bridgehead atoms. The summed E-state index contributed by atoms with van der Waals surface area (Å²) < 4.78 is 0. The van der Waals surface area contributed by atoms with E-state index < -0.39 is 12.2 Å². The fourth-order valence-corrected chi connectivity index (χ4v) is 2.66. The van der Waals surface area contributed by atoms with Crippen LogP contribution in [-0.4, -0.2) is 52.4 Å². The van der Waals surface area contributed by atoms with Crippen molar-refractivity contribution in [3.63, 3.8) is 0 Å². The molecule has 0 aromatic carbocycles. The van der Waals surface area contributed by atoms with Crippen molar-refractivity contribution in [2.24, 2.45) is 11.7 Å². The molecule has 4 atom stereocenters. The van der Waals surface area contributed by atoms with Gasteiger partial charge in [0.2, 0.25) is 5.91 Å². The minimum atomic E-state index is -0.791. The Hall–Kier alpha value is -0.650. The van der Waals surface area contributed by atoms with Crippen LogP contribution in [0.15, 0.2) is 0 Å². The van der Waals surface area contributed by atoms with Gasteiger partial charge in [-0.2, -0.15) is 0 Å². The number of rotatable bonds is 1. The summed E-state index contributed by atoms with van der Waals surface area (Å²) in [6.07, 6.45) is 2.03. The van der Waals surface area contributed by atoms with Gasteiger partial charge in [0, 0.05) is 25.0 Å². The van der Waals surface area contributed by atoms with E-state index in [2.05, 4.69) is 0 Å². The lowest BCUT2D eigenvalue weighted by Gasteiger charge is -2.29. The van der Waals surface area contributed by atoms with Crippen LogP contribution in [0, 0.1) is 5.92 Å². The fourth-order valence-electron chi connectivity index (χ4n) is 2.66. The van der Waals surface area contributed by atoms with Crippen molar-refractivity contribution >= 4 is 5.91 Å². The maximum atomic E-state index is 12.1. The highest BCUT2D eigenvalue weighted by Gasteiger charge is 2.36. The summed E-state index contributed by atoms with van der Waals surface area (Å²) in [5.41, 5.74) is 5.85. The lowest BCUT2D eigenvalue weighted by molar-refractivity contribution is -0.136. The molecule has 1 saturated carbocycles. The van der Waals surface area contributed by atoms with Crippen LogP contribution in [0.25, 0.3) is 0 Å². The molecule has 1 aliphatic heterocycles. The molecular weight excluding hydrogens is 208 g/mol. The number of nitrogens with zero attached hydrogens (tertiary/aromatic N) is 1. The zero-order chi connectivity index (χ0) is 11.7. The molecule has 0 aromatic rings. The topological polar surface area (TPSA) is 86.8 Å². The summed E-state index contributed by atoms with van der Waals surface area (Å²) in [7, 11) is 0. The molecule has 4 N–H and O–H groups in total. The van der Waals surface area contributed by atoms with Gasteiger partial charge >= 0.3 is 0 Å². The molecule has 1 saturated heterocycles. The third-order valence-corrected chi connectivity index (χ3v) is 3.63. The third-order valence-electron chi connectivity index (χ3n) is 3.63. The molecular formula is C11H20N2O3. The summed E-state index contributed by atoms with van der Waals surface area (Å²) in [5.74, 6) is 0.0343. The smallest absolute Gasteiger partial charge is 0.225 e. The minimum Gasteiger partial charge on any atom is -0.388 e. The Labute approximate surface area is 95.2 Å². The number of carbonyl (C=O) groups is 1. The van der Waals surface area contributed by atoms with Crippen molar-refractivity contribution in [3.8, 4) is 0 Å². The number of β-amino-alcohol motifs (C(OH)–C–C–N with tert-alkyl or cyclic N) is 2. The number of amides is 1. The first-order valence-electron chi connectivity index (χ1n) is 5.98. The Morgan fingerprint density at radius 2 is 1.81 bits per heavy atom. The zero-order valence-electron chi connectivity index (χ0n) is 9.38. The van der Waals surface area contributed by atoms with Gasteiger partial charge < -0.3 is 20.8 Å². The van der Waals surface area contributed by atoms with Crippen molar-refractivity contribution in [2.75, 3.05) is 13.1 Å². The molecule has 92 valence electrons. The quantitative estimate of drug-likeness (QED) is 0.541. The number of aliphatic hydroxyl groups excluding tert-OH is 2. The molecule has 0 spiro atoms. The van der Waals surface area contributed by atoms with Crippen LogP contribution in [0.1, 0.15) is 25.7 Å². The van der Waals surface area contributed by atoms with Gasteiger partial charge in [0.05, 0.1) is 12.2 Å². The summed E-state index contributed by atoms with van der Waals surface area (Å²) in [5, 5.41) is 18.8. The Morgan fingerprint density at radius 1 is 1.19 bits per heavy atom. The lowest BCUT2D eigenvalue weighted by atomic mass is 9.85. The molecule has 2 unspecified atom stereocenters. The first-order valence-corrected chi connectivity index (χ1v) is 5.98. The number of nitrogens with two attached hydrogens (primary N) is 1. The highest BCUT2D eigenvalue weighted by Crippen LogP contribution is 2.26. The number of hydrogen-bond acceptors (Lipinski definition) is 4. The average molecular weight is 228 g/mol. The SMILES string of the molecule is NC1CCCC(C(=O)N2C[C@@H](O)[C@@H](O)C2)C1. The molecule has 16 heavy (non-hydrogen) atoms. The van der Waals surface area contributed by atoms with E-state index in [0.29, 0.717) is 0 Å². The zero-order valence-corrected chi connectivity index (χ0v) is 9.38. The predicted octanol–water partition coefficient (Wildman–Crippen LogP) is -0.932. The highest BCUT2D eigenvalue weighted by molar-refractivity contribution is 5.79. The fraction of sp³-hybridized carbons (Fsp3) is 0.909. The largest absolute Gasteiger partial charge is 0.388 e. The first kappa shape index (κ1) is 11.8. The average Bonchev–Trinajstić information content (AvgIpc) is 2.58. The van der Waals surface area contributed by atoms with E-state index in [4.69, 9.17) is 5.73 Å². The molecule has 2 aliphatic rings. The van der Waals surface area contributed by atoms with Gasteiger partial charge in [-0.25, -0.2) is 0 Å². The van der Waals surface area contributed by atoms with Crippen LogP contribution >= 0.6 is 0 Å². The third kappa shape index (κ3) is 2.36. The van der Waals surface area contributed by atoms with Crippen molar-refractivity contribution in [1.82, 2.24) is 4.90 Å². The first-order chi connectivity index (χ1) is 7.58. The van der Waals surface area contributed by atoms with Crippen LogP contribution in [0.5, 0.6) is 0 Å². The predicted molar refractivity (Wildman–Crippen MR) is 58.5 cm³/mol. The van der Waals surface area contributed by atoms with E-state index in [-0.39, 0.29) is 31.0 Å². The number of likely N-dealkylation sites (tertiary alicyclic amines) is 1. The van der Waals surface area contributed by atoms with Crippen LogP contribution in [-0.2, 0) is 4.79 Å². The molecule has 5 nitrogen and oxygen atoms in total. The number of carbonyl (C=O) groups excluding carboxylic acids is 1. The second-order valence-electron chi connectivity index (χ2n) is 5.00. The van der Waals surface area contributed by atoms with E-state index in [1.165, 1.54) is 0 Å². The van der Waals surface area contributed by atoms with Gasteiger partial charge in [-0.15, -0.1) is 0 Å². The Morgan fingerprint density at radius 3 is 2.38 bits per heavy atom. The van der Waals surface area contributed by atoms with E-state index in [9.17, 15) is 15.0 Å². The maximum absolute atomic E-state index is 12.1. The molecule has 0 aromatic heterocycles. The molecule has 5 heteroatoms. The second-order valence-corrected chi connectivity index (χ2v) is 5.00. The van der Waals surface area contributed by atoms with Crippen LogP contribution in [0.4, 0.5) is 0 Å². The van der Waals surface area contributed by atoms with Gasteiger partial charge in [0.25, 0.3) is 0 Å². The molecule has 2 fully saturated rings. The van der Waals surface area contributed by atoms with Crippen LogP contribution < -0.4 is 5.73 Å². The molecule has 1 aliphatic carbocycles. The minimum absolute atomic E-state index is 0.0127. The van der Waals surface area contributed by atoms with Crippen molar-refractivity contribution < 1.29 is 15.0 Å². The van der Waals surface area contributed by atoms with Gasteiger partial charge in [-0.05, 0) is 19.3 Å². The van der Waals surface area contributed by atoms with Gasteiger partial charge in [0.1, 0.15) is 0 Å². The number of aliphatic hydroxyl groups is 2. The van der Waals surface area contributed by atoms with Gasteiger partial charge in [-0.3, -0.25) is 4.79 Å². The van der Waals surface area contributed by atoms with Gasteiger partial charge in [0.15, 0.2) is 0 Å². The van der Waals surface area contributed by atoms with Crippen molar-refractivity contribution in [1.29, 1.82) is 0 Å². The van der Waals surface area contributed by atoms with Crippen molar-refractivity contribution in [2.45, 2.75) is 43.9 Å². The molecule has 1 heterocycles. The monoisotopic (exact) mass is 228 g/mol. The van der Waals surface area contributed by atoms with Crippen LogP contribution in [0.3, 0.4) is 0 Å². The van der Waals surface area contributed by atoms with E-state index >= 15 is 0 Å². The molecule has 1 amide bonds. The Balaban J connectivity index is 1.92. The van der Waals surface area contributed by atoms with Crippen LogP contribution in [0.2, 0.25) is 0 Å². The standard InChI is InChI=1S/C11H20N2O3/c12-8-3-1-2-7(4-8)11(16)13-5-9(14)10(15)6-13/h7-10,14-15H,1-6,12H2/t7?,8?,9-,10+. The summed E-state index contributed by atoms with van der Waals surface area (Å²) in [6, 6.07) is 0.125. The lowest BCUT2D eigenvalue weighted by Crippen LogP contribution is -2.40. The van der Waals surface area contributed by atoms with Crippen molar-refractivity contribution in [3.05, 3.63) is 0 Å². The van der Waals surface area contributed by atoms with E-state index in [1.807, 2.05) is 0 Å². The Bertz CT molecular complexity index is 255. The van der Waals surface area contributed by atoms with E-state index in [0.717, 1.165) is 25.7 Å². The Kier molecular flexibility index (Phi) is 3.47. The summed E-state index contributed by atoms with van der Waals surface area (Å²) in [4.78, 5) is 13.7. The maximum Gasteiger partial charge on any atom is 0.225 e.